The fraction of sp³-hybridized carbons (Fsp3) is 0.188. The van der Waals surface area contributed by atoms with Crippen LogP contribution in [0.4, 0.5) is 0 Å². The average Bonchev–Trinajstić information content (AvgIpc) is 3.27. The van der Waals surface area contributed by atoms with E-state index in [2.05, 4.69) is 20.8 Å². The van der Waals surface area contributed by atoms with Gasteiger partial charge in [0.05, 0.1) is 28.3 Å². The van der Waals surface area contributed by atoms with E-state index in [0.29, 0.717) is 16.6 Å². The smallest absolute Gasteiger partial charge is 0.279 e. The van der Waals surface area contributed by atoms with Gasteiger partial charge >= 0.3 is 0 Å². The number of amides is 2. The van der Waals surface area contributed by atoms with Gasteiger partial charge in [0.2, 0.25) is 5.91 Å². The topological polar surface area (TPSA) is 96.1 Å². The largest absolute Gasteiger partial charge is 0.494 e. The molecule has 3 rings (SSSR count). The standard InChI is InChI=1S/C16H16N4O3S2/c1-2-23-10-5-6-11-12(8-10)18-16(17-11)25-9-14(21)19-20-15(22)13-4-3-7-24-13/h3-8H,2,9H2,1H3,(H,17,18)(H,19,21)(H,20,22). The number of nitrogens with one attached hydrogen (secondary N) is 3. The molecule has 0 bridgehead atoms. The van der Waals surface area contributed by atoms with Crippen LogP contribution in [0.25, 0.3) is 11.0 Å². The van der Waals surface area contributed by atoms with Crippen LogP contribution in [0.2, 0.25) is 0 Å². The van der Waals surface area contributed by atoms with Crippen LogP contribution >= 0.6 is 23.1 Å². The number of ether oxygens (including phenoxy) is 1. The Kier molecular flexibility index (Phi) is 5.56. The van der Waals surface area contributed by atoms with Crippen molar-refractivity contribution in [1.29, 1.82) is 0 Å². The van der Waals surface area contributed by atoms with Crippen molar-refractivity contribution in [3.63, 3.8) is 0 Å². The van der Waals surface area contributed by atoms with Crippen LogP contribution in [0.1, 0.15) is 16.6 Å². The number of thioether (sulfide) groups is 1. The Balaban J connectivity index is 1.51. The van der Waals surface area contributed by atoms with Gasteiger partial charge in [0.15, 0.2) is 5.16 Å². The van der Waals surface area contributed by atoms with Crippen molar-refractivity contribution < 1.29 is 14.3 Å². The summed E-state index contributed by atoms with van der Waals surface area (Å²) in [6.45, 7) is 2.52. The number of rotatable bonds is 6. The molecule has 3 N–H and O–H groups in total. The summed E-state index contributed by atoms with van der Waals surface area (Å²) in [7, 11) is 0. The summed E-state index contributed by atoms with van der Waals surface area (Å²) in [4.78, 5) is 31.7. The van der Waals surface area contributed by atoms with Crippen molar-refractivity contribution in [3.05, 3.63) is 40.6 Å². The van der Waals surface area contributed by atoms with Gasteiger partial charge in [-0.2, -0.15) is 0 Å². The van der Waals surface area contributed by atoms with E-state index >= 15 is 0 Å². The second kappa shape index (κ2) is 8.04. The van der Waals surface area contributed by atoms with Crippen LogP contribution in [-0.4, -0.2) is 34.1 Å². The van der Waals surface area contributed by atoms with Gasteiger partial charge in [0.25, 0.3) is 5.91 Å². The molecule has 25 heavy (non-hydrogen) atoms. The molecule has 3 aromatic rings. The highest BCUT2D eigenvalue weighted by Gasteiger charge is 2.10. The second-order valence-electron chi connectivity index (χ2n) is 4.92. The highest BCUT2D eigenvalue weighted by Crippen LogP contribution is 2.23. The van der Waals surface area contributed by atoms with Crippen molar-refractivity contribution in [2.45, 2.75) is 12.1 Å². The zero-order valence-corrected chi connectivity index (χ0v) is 15.0. The molecule has 7 nitrogen and oxygen atoms in total. The van der Waals surface area contributed by atoms with Gasteiger partial charge in [-0.3, -0.25) is 20.4 Å². The maximum absolute atomic E-state index is 11.8. The number of hydrazine groups is 1. The summed E-state index contributed by atoms with van der Waals surface area (Å²) in [6.07, 6.45) is 0. The minimum Gasteiger partial charge on any atom is -0.494 e. The number of imidazole rings is 1. The molecule has 1 aromatic carbocycles. The second-order valence-corrected chi connectivity index (χ2v) is 6.83. The molecular weight excluding hydrogens is 360 g/mol. The quantitative estimate of drug-likeness (QED) is 0.454. The normalized spacial score (nSPS) is 10.6. The average molecular weight is 376 g/mol. The lowest BCUT2D eigenvalue weighted by Crippen LogP contribution is -2.42. The minimum atomic E-state index is -0.333. The molecule has 2 amide bonds. The molecule has 0 radical (unpaired) electrons. The summed E-state index contributed by atoms with van der Waals surface area (Å²) in [5.74, 6) is 0.248. The van der Waals surface area contributed by atoms with Crippen molar-refractivity contribution in [2.24, 2.45) is 0 Å². The first-order valence-electron chi connectivity index (χ1n) is 7.53. The monoisotopic (exact) mass is 376 g/mol. The Labute approximate surface area is 152 Å². The van der Waals surface area contributed by atoms with Crippen molar-refractivity contribution >= 4 is 45.9 Å². The summed E-state index contributed by atoms with van der Waals surface area (Å²) >= 11 is 2.56. The predicted octanol–water partition coefficient (Wildman–Crippen LogP) is 2.58. The van der Waals surface area contributed by atoms with Crippen LogP contribution in [0.3, 0.4) is 0 Å². The SMILES string of the molecule is CCOc1ccc2nc(SCC(=O)NNC(=O)c3cccs3)[nH]c2c1. The Hall–Kier alpha value is -2.52. The number of nitrogens with zero attached hydrogens (tertiary/aromatic N) is 1. The highest BCUT2D eigenvalue weighted by atomic mass is 32.2. The van der Waals surface area contributed by atoms with Crippen LogP contribution in [0.5, 0.6) is 5.75 Å². The van der Waals surface area contributed by atoms with Crippen LogP contribution < -0.4 is 15.6 Å². The molecule has 0 aliphatic carbocycles. The van der Waals surface area contributed by atoms with Gasteiger partial charge < -0.3 is 9.72 Å². The third-order valence-corrected chi connectivity index (χ3v) is 4.88. The Morgan fingerprint density at radius 1 is 1.32 bits per heavy atom. The molecule has 0 saturated heterocycles. The number of H-pyrrole nitrogens is 1. The fourth-order valence-corrected chi connectivity index (χ4v) is 3.36. The van der Waals surface area contributed by atoms with Crippen molar-refractivity contribution in [1.82, 2.24) is 20.8 Å². The van der Waals surface area contributed by atoms with Crippen molar-refractivity contribution in [3.8, 4) is 5.75 Å². The molecule has 0 aliphatic heterocycles. The van der Waals surface area contributed by atoms with E-state index in [-0.39, 0.29) is 17.6 Å². The maximum atomic E-state index is 11.8. The van der Waals surface area contributed by atoms with Gasteiger partial charge in [0.1, 0.15) is 5.75 Å². The number of benzene rings is 1. The van der Waals surface area contributed by atoms with E-state index in [1.54, 1.807) is 17.5 Å². The van der Waals surface area contributed by atoms with E-state index in [0.717, 1.165) is 16.8 Å². The van der Waals surface area contributed by atoms with E-state index < -0.39 is 0 Å². The van der Waals surface area contributed by atoms with Gasteiger partial charge in [-0.15, -0.1) is 11.3 Å². The number of carbonyl (C=O) groups excluding carboxylic acids is 2. The van der Waals surface area contributed by atoms with Gasteiger partial charge in [-0.1, -0.05) is 17.8 Å². The van der Waals surface area contributed by atoms with E-state index in [9.17, 15) is 9.59 Å². The first kappa shape index (κ1) is 17.3. The summed E-state index contributed by atoms with van der Waals surface area (Å²) < 4.78 is 5.45. The van der Waals surface area contributed by atoms with E-state index in [1.165, 1.54) is 23.1 Å². The third kappa shape index (κ3) is 4.52. The van der Waals surface area contributed by atoms with Gasteiger partial charge in [0, 0.05) is 6.07 Å². The predicted molar refractivity (Wildman–Crippen MR) is 97.9 cm³/mol. The number of thiophene rings is 1. The Morgan fingerprint density at radius 2 is 2.20 bits per heavy atom. The summed E-state index contributed by atoms with van der Waals surface area (Å²) in [5.41, 5.74) is 6.42. The molecule has 0 atom stereocenters. The minimum absolute atomic E-state index is 0.128. The maximum Gasteiger partial charge on any atom is 0.279 e. The number of aromatic amines is 1. The summed E-state index contributed by atoms with van der Waals surface area (Å²) in [5, 5.41) is 2.42. The molecule has 0 fully saturated rings. The van der Waals surface area contributed by atoms with Crippen LogP contribution in [0, 0.1) is 0 Å². The van der Waals surface area contributed by atoms with Crippen LogP contribution in [-0.2, 0) is 4.79 Å². The van der Waals surface area contributed by atoms with Gasteiger partial charge in [-0.25, -0.2) is 4.98 Å². The third-order valence-electron chi connectivity index (χ3n) is 3.14. The molecule has 0 unspecified atom stereocenters. The number of aromatic nitrogens is 2. The Bertz CT molecular complexity index is 877. The van der Waals surface area contributed by atoms with Crippen LogP contribution in [0.15, 0.2) is 40.9 Å². The Morgan fingerprint density at radius 3 is 2.96 bits per heavy atom. The van der Waals surface area contributed by atoms with Gasteiger partial charge in [-0.05, 0) is 30.5 Å². The summed E-state index contributed by atoms with van der Waals surface area (Å²) in [6, 6.07) is 9.05. The zero-order valence-electron chi connectivity index (χ0n) is 13.4. The highest BCUT2D eigenvalue weighted by molar-refractivity contribution is 7.99. The first-order chi connectivity index (χ1) is 12.2. The van der Waals surface area contributed by atoms with Crippen molar-refractivity contribution in [2.75, 3.05) is 12.4 Å². The lowest BCUT2D eigenvalue weighted by molar-refractivity contribution is -0.119. The molecule has 0 saturated carbocycles. The number of hydrogen-bond donors (Lipinski definition) is 3. The van der Waals surface area contributed by atoms with E-state index in [1.807, 2.05) is 25.1 Å². The number of fused-ring (bicyclic) bond motifs is 1. The van der Waals surface area contributed by atoms with E-state index in [4.69, 9.17) is 4.74 Å². The number of carbonyl (C=O) groups is 2. The lowest BCUT2D eigenvalue weighted by Gasteiger charge is -2.05. The molecule has 9 heteroatoms. The number of hydrogen-bond acceptors (Lipinski definition) is 6. The molecule has 0 spiro atoms. The molecule has 0 aliphatic rings. The zero-order chi connectivity index (χ0) is 17.6. The first-order valence-corrected chi connectivity index (χ1v) is 9.40. The lowest BCUT2D eigenvalue weighted by atomic mass is 10.3. The molecule has 2 heterocycles. The fourth-order valence-electron chi connectivity index (χ4n) is 2.06. The molecule has 2 aromatic heterocycles. The molecular formula is C16H16N4O3S2. The molecule has 130 valence electrons.